The van der Waals surface area contributed by atoms with Crippen molar-refractivity contribution in [3.63, 3.8) is 0 Å². The number of hydrogen-bond donors (Lipinski definition) is 3. The van der Waals surface area contributed by atoms with Crippen LogP contribution in [0.25, 0.3) is 0 Å². The lowest BCUT2D eigenvalue weighted by atomic mass is 10.1. The molecule has 8 nitrogen and oxygen atoms in total. The van der Waals surface area contributed by atoms with Crippen LogP contribution >= 0.6 is 0 Å². The van der Waals surface area contributed by atoms with Crippen LogP contribution in [0.1, 0.15) is 30.8 Å². The summed E-state index contributed by atoms with van der Waals surface area (Å²) in [4.78, 5) is 33.9. The second kappa shape index (κ2) is 6.94. The summed E-state index contributed by atoms with van der Waals surface area (Å²) in [6.07, 6.45) is 6.58. The molecule has 1 atom stereocenters. The molecular formula is C19H24N6O2. The highest BCUT2D eigenvalue weighted by molar-refractivity contribution is 5.99. The number of aromatic nitrogens is 1. The third kappa shape index (κ3) is 3.34. The molecule has 3 aliphatic rings. The van der Waals surface area contributed by atoms with E-state index >= 15 is 0 Å². The number of pyridine rings is 1. The van der Waals surface area contributed by atoms with Gasteiger partial charge in [0.15, 0.2) is 5.82 Å². The topological polar surface area (TPSA) is 89.6 Å². The maximum Gasteiger partial charge on any atom is 0.328 e. The van der Waals surface area contributed by atoms with Gasteiger partial charge in [-0.25, -0.2) is 9.78 Å². The highest BCUT2D eigenvalue weighted by Crippen LogP contribution is 2.38. The molecule has 3 N–H and O–H groups in total. The van der Waals surface area contributed by atoms with Gasteiger partial charge in [0.25, 0.3) is 5.91 Å². The Kier molecular flexibility index (Phi) is 4.47. The van der Waals surface area contributed by atoms with E-state index < -0.39 is 0 Å². The number of rotatable bonds is 3. The molecule has 3 aliphatic heterocycles. The number of nitrogens with one attached hydrogen (secondary N) is 3. The second-order valence-electron chi connectivity index (χ2n) is 7.25. The molecule has 4 rings (SSSR count). The highest BCUT2D eigenvalue weighted by Gasteiger charge is 2.40. The quantitative estimate of drug-likeness (QED) is 0.749. The van der Waals surface area contributed by atoms with Crippen molar-refractivity contribution in [2.75, 3.05) is 29.4 Å². The number of nitrogens with zero attached hydrogens (tertiary/aromatic N) is 3. The lowest BCUT2D eigenvalue weighted by Gasteiger charge is -2.36. The van der Waals surface area contributed by atoms with Crippen molar-refractivity contribution in [2.24, 2.45) is 0 Å². The molecule has 0 spiro atoms. The van der Waals surface area contributed by atoms with E-state index in [4.69, 9.17) is 0 Å². The van der Waals surface area contributed by atoms with Gasteiger partial charge in [-0.2, -0.15) is 0 Å². The van der Waals surface area contributed by atoms with Crippen LogP contribution in [0.5, 0.6) is 0 Å². The number of carbonyl (C=O) groups is 2. The molecule has 2 bridgehead atoms. The van der Waals surface area contributed by atoms with Gasteiger partial charge in [-0.1, -0.05) is 12.2 Å². The zero-order valence-corrected chi connectivity index (χ0v) is 15.5. The summed E-state index contributed by atoms with van der Waals surface area (Å²) in [5.74, 6) is 0.977. The van der Waals surface area contributed by atoms with Crippen molar-refractivity contribution in [2.45, 2.75) is 32.4 Å². The maximum absolute atomic E-state index is 13.0. The number of urea groups is 1. The molecule has 1 saturated heterocycles. The van der Waals surface area contributed by atoms with Gasteiger partial charge in [0.1, 0.15) is 11.5 Å². The van der Waals surface area contributed by atoms with Crippen LogP contribution in [0, 0.1) is 0 Å². The van der Waals surface area contributed by atoms with Crippen LogP contribution in [-0.2, 0) is 0 Å². The fraction of sp³-hybridized carbons (Fsp3) is 0.421. The normalized spacial score (nSPS) is 20.1. The van der Waals surface area contributed by atoms with Crippen molar-refractivity contribution in [1.29, 1.82) is 0 Å². The predicted octanol–water partition coefficient (Wildman–Crippen LogP) is 1.33. The van der Waals surface area contributed by atoms with Crippen LogP contribution in [0.15, 0.2) is 36.2 Å². The number of anilines is 2. The maximum atomic E-state index is 13.0. The molecule has 1 aromatic rings. The lowest BCUT2D eigenvalue weighted by molar-refractivity contribution is 0.0938. The van der Waals surface area contributed by atoms with Crippen LogP contribution < -0.4 is 25.8 Å². The number of hydrogen-bond acceptors (Lipinski definition) is 5. The summed E-state index contributed by atoms with van der Waals surface area (Å²) in [7, 11) is 0. The first-order valence-electron chi connectivity index (χ1n) is 9.30. The Balaban J connectivity index is 1.65. The Labute approximate surface area is 158 Å². The summed E-state index contributed by atoms with van der Waals surface area (Å²) < 4.78 is 0. The smallest absolute Gasteiger partial charge is 0.328 e. The Bertz CT molecular complexity index is 831. The zero-order chi connectivity index (χ0) is 19.0. The Morgan fingerprint density at radius 2 is 2.19 bits per heavy atom. The van der Waals surface area contributed by atoms with Crippen molar-refractivity contribution < 1.29 is 9.59 Å². The lowest BCUT2D eigenvalue weighted by Crippen LogP contribution is -2.51. The number of dihydropyridines is 1. The second-order valence-corrected chi connectivity index (χ2v) is 7.25. The van der Waals surface area contributed by atoms with Crippen molar-refractivity contribution in [3.05, 3.63) is 41.9 Å². The molecule has 3 amide bonds. The van der Waals surface area contributed by atoms with Gasteiger partial charge in [0.2, 0.25) is 0 Å². The molecule has 8 heteroatoms. The van der Waals surface area contributed by atoms with E-state index in [1.54, 1.807) is 11.0 Å². The zero-order valence-electron chi connectivity index (χ0n) is 15.5. The number of carbonyl (C=O) groups excluding carboxylic acids is 2. The van der Waals surface area contributed by atoms with Gasteiger partial charge in [0.05, 0.1) is 11.7 Å². The van der Waals surface area contributed by atoms with E-state index in [0.29, 0.717) is 23.9 Å². The standard InChI is InChI=1S/C19H24N6O2/c1-12(2)21-18(26)14-6-7-15-17(22-14)25(13-8-10-24(15)11-13)19(27)23-16-5-3-4-9-20-16/h3-7,12-13,20H,8-11H2,1-2H3,(H,21,26)(H,23,27)/t13-/m0/s1. The van der Waals surface area contributed by atoms with E-state index in [1.807, 2.05) is 38.1 Å². The first kappa shape index (κ1) is 17.4. The van der Waals surface area contributed by atoms with Crippen molar-refractivity contribution >= 4 is 23.4 Å². The molecule has 27 heavy (non-hydrogen) atoms. The van der Waals surface area contributed by atoms with E-state index in [1.165, 1.54) is 0 Å². The number of amides is 3. The molecule has 0 radical (unpaired) electrons. The van der Waals surface area contributed by atoms with Gasteiger partial charge in [0, 0.05) is 25.7 Å². The summed E-state index contributed by atoms with van der Waals surface area (Å²) in [6, 6.07) is 3.45. The molecule has 0 saturated carbocycles. The SMILES string of the molecule is CC(C)NC(=O)c1ccc2c(n1)N(C(=O)NC1=CC=CCN1)[C@H]1CCN2C1. The molecule has 4 heterocycles. The van der Waals surface area contributed by atoms with E-state index in [0.717, 1.165) is 25.2 Å². The molecule has 1 aromatic heterocycles. The van der Waals surface area contributed by atoms with Crippen LogP contribution in [0.2, 0.25) is 0 Å². The van der Waals surface area contributed by atoms with Gasteiger partial charge in [-0.15, -0.1) is 0 Å². The monoisotopic (exact) mass is 368 g/mol. The van der Waals surface area contributed by atoms with Gasteiger partial charge in [-0.05, 0) is 38.5 Å². The molecule has 0 aromatic carbocycles. The van der Waals surface area contributed by atoms with Crippen LogP contribution in [-0.4, -0.2) is 48.6 Å². The third-order valence-electron chi connectivity index (χ3n) is 4.87. The average molecular weight is 368 g/mol. The summed E-state index contributed by atoms with van der Waals surface area (Å²) in [5, 5.41) is 8.90. The fourth-order valence-electron chi connectivity index (χ4n) is 3.66. The average Bonchev–Trinajstić information content (AvgIpc) is 3.06. The summed E-state index contributed by atoms with van der Waals surface area (Å²) in [5.41, 5.74) is 1.21. The number of allylic oxidation sites excluding steroid dienone is 2. The Morgan fingerprint density at radius 3 is 2.93 bits per heavy atom. The van der Waals surface area contributed by atoms with Gasteiger partial charge >= 0.3 is 6.03 Å². The molecule has 0 aliphatic carbocycles. The number of fused-ring (bicyclic) bond motifs is 4. The molecule has 1 fully saturated rings. The third-order valence-corrected chi connectivity index (χ3v) is 4.87. The minimum Gasteiger partial charge on any atom is -0.368 e. The minimum absolute atomic E-state index is 0.0204. The summed E-state index contributed by atoms with van der Waals surface area (Å²) in [6.45, 7) is 6.15. The Hall–Kier alpha value is -3.03. The van der Waals surface area contributed by atoms with Crippen LogP contribution in [0.4, 0.5) is 16.3 Å². The van der Waals surface area contributed by atoms with Crippen molar-refractivity contribution in [1.82, 2.24) is 20.9 Å². The predicted molar refractivity (Wildman–Crippen MR) is 104 cm³/mol. The first-order chi connectivity index (χ1) is 13.0. The van der Waals surface area contributed by atoms with E-state index in [-0.39, 0.29) is 24.0 Å². The van der Waals surface area contributed by atoms with E-state index in [2.05, 4.69) is 25.8 Å². The van der Waals surface area contributed by atoms with Crippen molar-refractivity contribution in [3.8, 4) is 0 Å². The van der Waals surface area contributed by atoms with E-state index in [9.17, 15) is 9.59 Å². The molecule has 0 unspecified atom stereocenters. The first-order valence-corrected chi connectivity index (χ1v) is 9.30. The minimum atomic E-state index is -0.233. The molecule has 142 valence electrons. The fourth-order valence-corrected chi connectivity index (χ4v) is 3.66. The van der Waals surface area contributed by atoms with Crippen LogP contribution in [0.3, 0.4) is 0 Å². The van der Waals surface area contributed by atoms with Gasteiger partial charge < -0.3 is 15.5 Å². The largest absolute Gasteiger partial charge is 0.368 e. The Morgan fingerprint density at radius 1 is 1.33 bits per heavy atom. The van der Waals surface area contributed by atoms with Gasteiger partial charge in [-0.3, -0.25) is 15.0 Å². The summed E-state index contributed by atoms with van der Waals surface area (Å²) >= 11 is 0. The highest BCUT2D eigenvalue weighted by atomic mass is 16.2. The molecular weight excluding hydrogens is 344 g/mol.